The maximum atomic E-state index is 13.4. The molecule has 0 amide bonds. The van der Waals surface area contributed by atoms with E-state index < -0.39 is 0 Å². The smallest absolute Gasteiger partial charge is 0.139 e. The predicted molar refractivity (Wildman–Crippen MR) is 207 cm³/mol. The average molecular weight is 701 g/mol. The molecule has 0 aromatic rings. The fraction of sp³-hybridized carbons (Fsp3) is 0.978. The molecule has 0 aromatic carbocycles. The summed E-state index contributed by atoms with van der Waals surface area (Å²) in [5.74, 6) is 7.24. The Bertz CT molecular complexity index is 1170. The minimum Gasteiger partial charge on any atom is -0.299 e. The summed E-state index contributed by atoms with van der Waals surface area (Å²) in [5.41, 5.74) is 3.83. The Labute approximate surface area is 312 Å². The van der Waals surface area contributed by atoms with Crippen LogP contribution in [-0.2, 0) is 4.79 Å². The van der Waals surface area contributed by atoms with Crippen LogP contribution in [0.4, 0.5) is 0 Å². The number of nitrogens with zero attached hydrogens (tertiary/aromatic N) is 3. The van der Waals surface area contributed by atoms with E-state index in [1.807, 2.05) is 0 Å². The van der Waals surface area contributed by atoms with Crippen LogP contribution in [0.25, 0.3) is 0 Å². The number of fused-ring (bicyclic) bond motifs is 6. The SMILES string of the molecule is O=C(C1CCCCC1)C1CCC(C2CCC(N3C4CCC(N5CCCN5)CC4C4CC5C(CC43)C3CCCCC3N5C3CCCCC3)CC2)CC1. The summed E-state index contributed by atoms with van der Waals surface area (Å²) in [5, 5.41) is 2.71. The zero-order valence-corrected chi connectivity index (χ0v) is 32.6. The Kier molecular flexibility index (Phi) is 10.4. The normalized spacial score (nSPS) is 47.8. The summed E-state index contributed by atoms with van der Waals surface area (Å²) >= 11 is 0. The number of likely N-dealkylation sites (tertiary alicyclic amines) is 2. The molecule has 10 rings (SSSR count). The van der Waals surface area contributed by atoms with Crippen molar-refractivity contribution in [1.82, 2.24) is 20.2 Å². The highest BCUT2D eigenvalue weighted by molar-refractivity contribution is 5.83. The Hall–Kier alpha value is -0.490. The number of ketones is 1. The molecule has 9 unspecified atom stereocenters. The predicted octanol–water partition coefficient (Wildman–Crippen LogP) is 9.53. The van der Waals surface area contributed by atoms with Gasteiger partial charge in [0.1, 0.15) is 5.78 Å². The lowest BCUT2D eigenvalue weighted by molar-refractivity contribution is -0.129. The molecule has 1 N–H and O–H groups in total. The first-order valence-corrected chi connectivity index (χ1v) is 23.8. The number of hydrazine groups is 1. The maximum absolute atomic E-state index is 13.4. The molecule has 7 saturated carbocycles. The van der Waals surface area contributed by atoms with Crippen LogP contribution in [0.1, 0.15) is 180 Å². The zero-order chi connectivity index (χ0) is 33.9. The van der Waals surface area contributed by atoms with E-state index in [4.69, 9.17) is 0 Å². The number of nitrogens with one attached hydrogen (secondary N) is 1. The standard InChI is InChI=1S/C46H76N4O/c51-46(33-10-3-1-4-11-33)34-18-16-31(17-19-34)32-20-22-36(23-21-32)50-43-25-24-37(48-27-9-26-47-48)28-39(43)41-30-44-40(29-45(41)50)38-14-7-8-15-42(38)49(44)35-12-5-2-6-13-35/h31-45,47H,1-30H2. The Morgan fingerprint density at radius 2 is 0.941 bits per heavy atom. The van der Waals surface area contributed by atoms with Gasteiger partial charge in [-0.25, -0.2) is 5.01 Å². The molecule has 5 nitrogen and oxygen atoms in total. The minimum absolute atomic E-state index is 0.411. The molecule has 286 valence electrons. The van der Waals surface area contributed by atoms with Crippen molar-refractivity contribution in [2.45, 2.75) is 222 Å². The fourth-order valence-electron chi connectivity index (χ4n) is 16.4. The average Bonchev–Trinajstić information content (AvgIpc) is 3.93. The van der Waals surface area contributed by atoms with E-state index in [0.717, 1.165) is 77.8 Å². The molecular formula is C46H76N4O. The van der Waals surface area contributed by atoms with Crippen LogP contribution in [0.15, 0.2) is 0 Å². The molecule has 10 fully saturated rings. The van der Waals surface area contributed by atoms with Gasteiger partial charge in [0.2, 0.25) is 0 Å². The molecule has 51 heavy (non-hydrogen) atoms. The summed E-state index contributed by atoms with van der Waals surface area (Å²) in [4.78, 5) is 20.0. The van der Waals surface area contributed by atoms with Gasteiger partial charge >= 0.3 is 0 Å². The van der Waals surface area contributed by atoms with E-state index >= 15 is 0 Å². The third-order valence-corrected chi connectivity index (χ3v) is 18.6. The highest BCUT2D eigenvalue weighted by Crippen LogP contribution is 2.59. The molecule has 0 radical (unpaired) electrons. The van der Waals surface area contributed by atoms with Gasteiger partial charge in [-0.2, -0.15) is 0 Å². The highest BCUT2D eigenvalue weighted by atomic mass is 16.1. The second-order valence-corrected chi connectivity index (χ2v) is 20.7. The van der Waals surface area contributed by atoms with Gasteiger partial charge in [-0.3, -0.25) is 20.0 Å². The Morgan fingerprint density at radius 1 is 0.412 bits per heavy atom. The molecule has 7 aliphatic carbocycles. The molecule has 0 aromatic heterocycles. The van der Waals surface area contributed by atoms with Gasteiger partial charge < -0.3 is 0 Å². The van der Waals surface area contributed by atoms with Crippen LogP contribution in [0, 0.1) is 47.3 Å². The van der Waals surface area contributed by atoms with Crippen LogP contribution in [-0.4, -0.2) is 76.0 Å². The first kappa shape index (κ1) is 35.0. The second-order valence-electron chi connectivity index (χ2n) is 20.7. The third kappa shape index (κ3) is 6.56. The summed E-state index contributed by atoms with van der Waals surface area (Å²) in [6, 6.07) is 6.12. The Morgan fingerprint density at radius 3 is 1.63 bits per heavy atom. The van der Waals surface area contributed by atoms with Crippen molar-refractivity contribution in [3.8, 4) is 0 Å². The zero-order valence-electron chi connectivity index (χ0n) is 32.6. The van der Waals surface area contributed by atoms with Crippen LogP contribution in [0.2, 0.25) is 0 Å². The highest BCUT2D eigenvalue weighted by Gasteiger charge is 2.61. The van der Waals surface area contributed by atoms with E-state index in [9.17, 15) is 4.79 Å². The molecule has 9 atom stereocenters. The van der Waals surface area contributed by atoms with Gasteiger partial charge in [0.05, 0.1) is 0 Å². The lowest BCUT2D eigenvalue weighted by atomic mass is 9.65. The molecule has 5 heteroatoms. The van der Waals surface area contributed by atoms with Crippen LogP contribution in [0.3, 0.4) is 0 Å². The molecule has 0 bridgehead atoms. The van der Waals surface area contributed by atoms with Crippen molar-refractivity contribution in [1.29, 1.82) is 0 Å². The summed E-state index contributed by atoms with van der Waals surface area (Å²) < 4.78 is 0. The molecule has 3 saturated heterocycles. The first-order chi connectivity index (χ1) is 25.2. The van der Waals surface area contributed by atoms with E-state index in [0.29, 0.717) is 17.6 Å². The first-order valence-electron chi connectivity index (χ1n) is 23.8. The lowest BCUT2D eigenvalue weighted by Crippen LogP contribution is -2.53. The van der Waals surface area contributed by atoms with Crippen LogP contribution in [0.5, 0.6) is 0 Å². The topological polar surface area (TPSA) is 38.8 Å². The van der Waals surface area contributed by atoms with Crippen molar-refractivity contribution in [3.05, 3.63) is 0 Å². The van der Waals surface area contributed by atoms with Crippen LogP contribution >= 0.6 is 0 Å². The molecule has 3 aliphatic heterocycles. The van der Waals surface area contributed by atoms with Gasteiger partial charge in [-0.05, 0) is 164 Å². The number of Topliss-reactive ketones (excluding diaryl/α,β-unsaturated/α-hetero) is 1. The fourth-order valence-corrected chi connectivity index (χ4v) is 16.4. The largest absolute Gasteiger partial charge is 0.299 e. The Balaban J connectivity index is 0.840. The van der Waals surface area contributed by atoms with E-state index in [2.05, 4.69) is 20.2 Å². The van der Waals surface area contributed by atoms with Gasteiger partial charge in [0.25, 0.3) is 0 Å². The number of rotatable bonds is 6. The van der Waals surface area contributed by atoms with E-state index in [1.54, 1.807) is 19.3 Å². The minimum atomic E-state index is 0.411. The molecule has 10 aliphatic rings. The van der Waals surface area contributed by atoms with Crippen molar-refractivity contribution in [2.75, 3.05) is 13.1 Å². The summed E-state index contributed by atoms with van der Waals surface area (Å²) in [6.45, 7) is 2.48. The van der Waals surface area contributed by atoms with E-state index in [-0.39, 0.29) is 0 Å². The molecule has 3 heterocycles. The number of hydrogen-bond acceptors (Lipinski definition) is 5. The second kappa shape index (κ2) is 15.2. The molecular weight excluding hydrogens is 625 g/mol. The van der Waals surface area contributed by atoms with E-state index in [1.165, 1.54) is 174 Å². The monoisotopic (exact) mass is 701 g/mol. The lowest BCUT2D eigenvalue weighted by Gasteiger charge is -2.48. The van der Waals surface area contributed by atoms with Gasteiger partial charge in [0.15, 0.2) is 0 Å². The van der Waals surface area contributed by atoms with Crippen molar-refractivity contribution in [3.63, 3.8) is 0 Å². The van der Waals surface area contributed by atoms with Crippen molar-refractivity contribution in [2.24, 2.45) is 47.3 Å². The van der Waals surface area contributed by atoms with Gasteiger partial charge in [-0.1, -0.05) is 51.4 Å². The third-order valence-electron chi connectivity index (χ3n) is 18.6. The maximum Gasteiger partial charge on any atom is 0.139 e. The van der Waals surface area contributed by atoms with Crippen LogP contribution < -0.4 is 5.43 Å². The number of carbonyl (C=O) groups is 1. The van der Waals surface area contributed by atoms with Crippen molar-refractivity contribution >= 4 is 5.78 Å². The van der Waals surface area contributed by atoms with Gasteiger partial charge in [-0.15, -0.1) is 0 Å². The number of hydrogen-bond donors (Lipinski definition) is 1. The number of carbonyl (C=O) groups excluding carboxylic acids is 1. The van der Waals surface area contributed by atoms with Gasteiger partial charge in [0, 0.05) is 67.2 Å². The molecule has 0 spiro atoms. The van der Waals surface area contributed by atoms with Crippen molar-refractivity contribution < 1.29 is 4.79 Å². The summed E-state index contributed by atoms with van der Waals surface area (Å²) in [6.07, 6.45) is 39.8. The quantitative estimate of drug-likeness (QED) is 0.299. The summed E-state index contributed by atoms with van der Waals surface area (Å²) in [7, 11) is 0.